The molecule has 3 N–H and O–H groups in total. The minimum atomic E-state index is -0.944. The highest BCUT2D eigenvalue weighted by Gasteiger charge is 2.23. The maximum atomic E-state index is 13.2. The Bertz CT molecular complexity index is 831. The van der Waals surface area contributed by atoms with Gasteiger partial charge in [0.2, 0.25) is 0 Å². The average Bonchev–Trinajstić information content (AvgIpc) is 3.00. The van der Waals surface area contributed by atoms with Crippen molar-refractivity contribution in [3.8, 4) is 0 Å². The summed E-state index contributed by atoms with van der Waals surface area (Å²) in [6.45, 7) is 0.552. The lowest BCUT2D eigenvalue weighted by atomic mass is 10.1. The number of rotatable bonds is 6. The van der Waals surface area contributed by atoms with E-state index in [0.29, 0.717) is 29.9 Å². The van der Waals surface area contributed by atoms with Crippen LogP contribution in [0.4, 0.5) is 10.1 Å². The van der Waals surface area contributed by atoms with E-state index in [0.717, 1.165) is 5.69 Å². The Labute approximate surface area is 143 Å². The Morgan fingerprint density at radius 2 is 2.20 bits per heavy atom. The number of aromatic amines is 1. The van der Waals surface area contributed by atoms with Crippen LogP contribution < -0.4 is 5.32 Å². The van der Waals surface area contributed by atoms with Gasteiger partial charge in [0, 0.05) is 36.8 Å². The van der Waals surface area contributed by atoms with Crippen molar-refractivity contribution in [1.29, 1.82) is 0 Å². The Morgan fingerprint density at radius 3 is 2.92 bits per heavy atom. The molecule has 7 nitrogen and oxygen atoms in total. The number of benzene rings is 1. The van der Waals surface area contributed by atoms with E-state index in [9.17, 15) is 14.0 Å². The van der Waals surface area contributed by atoms with E-state index < -0.39 is 17.8 Å². The number of aliphatic carboxylic acids is 1. The van der Waals surface area contributed by atoms with Crippen molar-refractivity contribution >= 4 is 17.6 Å². The zero-order valence-corrected chi connectivity index (χ0v) is 13.3. The number of azo groups is 1. The summed E-state index contributed by atoms with van der Waals surface area (Å²) in [5, 5.41) is 19.9. The van der Waals surface area contributed by atoms with Gasteiger partial charge in [-0.05, 0) is 24.6 Å². The summed E-state index contributed by atoms with van der Waals surface area (Å²) in [5.74, 6) is -1.53. The van der Waals surface area contributed by atoms with E-state index in [-0.39, 0.29) is 18.7 Å². The number of nitrogens with zero attached hydrogens (tertiary/aromatic N) is 2. The number of amides is 1. The van der Waals surface area contributed by atoms with Crippen LogP contribution in [0.1, 0.15) is 40.6 Å². The Balaban J connectivity index is 1.86. The molecule has 1 aromatic carbocycles. The maximum absolute atomic E-state index is 13.2. The van der Waals surface area contributed by atoms with E-state index >= 15 is 0 Å². The van der Waals surface area contributed by atoms with Gasteiger partial charge in [0.05, 0.1) is 11.3 Å². The Hall–Kier alpha value is -3.03. The second kappa shape index (κ2) is 7.25. The lowest BCUT2D eigenvalue weighted by molar-refractivity contribution is -0.137. The molecule has 0 fully saturated rings. The molecule has 0 spiro atoms. The van der Waals surface area contributed by atoms with Crippen LogP contribution in [0, 0.1) is 5.82 Å². The third-order valence-corrected chi connectivity index (χ3v) is 3.94. The molecule has 25 heavy (non-hydrogen) atoms. The number of carbonyl (C=O) groups is 2. The number of hydrogen-bond donors (Lipinski definition) is 3. The molecule has 1 atom stereocenters. The third-order valence-electron chi connectivity index (χ3n) is 3.94. The van der Waals surface area contributed by atoms with Crippen molar-refractivity contribution in [2.45, 2.75) is 25.3 Å². The number of carbonyl (C=O) groups excluding carboxylic acids is 1. The van der Waals surface area contributed by atoms with Crippen LogP contribution in [0.5, 0.6) is 0 Å². The quantitative estimate of drug-likeness (QED) is 0.701. The molecule has 1 aliphatic rings. The molecule has 130 valence electrons. The summed E-state index contributed by atoms with van der Waals surface area (Å²) in [4.78, 5) is 25.9. The summed E-state index contributed by atoms with van der Waals surface area (Å²) in [6.07, 6.45) is 0.797. The average molecular weight is 344 g/mol. The number of nitrogens with one attached hydrogen (secondary N) is 2. The molecule has 8 heteroatoms. The van der Waals surface area contributed by atoms with Crippen molar-refractivity contribution in [3.05, 3.63) is 53.1 Å². The molecule has 3 rings (SSSR count). The number of carboxylic acid groups (broad SMARTS) is 1. The summed E-state index contributed by atoms with van der Waals surface area (Å²) < 4.78 is 13.2. The molecule has 0 saturated carbocycles. The zero-order valence-electron chi connectivity index (χ0n) is 13.3. The molecule has 1 aromatic heterocycles. The number of halogens is 1. The van der Waals surface area contributed by atoms with Crippen LogP contribution in [-0.4, -0.2) is 28.5 Å². The largest absolute Gasteiger partial charge is 0.481 e. The van der Waals surface area contributed by atoms with E-state index in [2.05, 4.69) is 20.5 Å². The van der Waals surface area contributed by atoms with Crippen LogP contribution in [0.15, 0.2) is 40.6 Å². The standard InChI is InChI=1S/C17H17FN4O3/c18-10-2-1-3-11(8-10)21-22-14(4-5-16(23)24)15-9-12-13(20-15)6-7-19-17(12)25/h1-3,8-9,14,20H,4-7H2,(H,19,25)(H,23,24). The fraction of sp³-hybridized carbons (Fsp3) is 0.294. The van der Waals surface area contributed by atoms with Crippen molar-refractivity contribution in [2.24, 2.45) is 10.2 Å². The molecule has 2 aromatic rings. The number of aromatic nitrogens is 1. The first-order chi connectivity index (χ1) is 12.0. The van der Waals surface area contributed by atoms with E-state index in [4.69, 9.17) is 5.11 Å². The Kier molecular flexibility index (Phi) is 4.87. The van der Waals surface area contributed by atoms with Gasteiger partial charge in [-0.1, -0.05) is 6.07 Å². The van der Waals surface area contributed by atoms with Gasteiger partial charge in [-0.25, -0.2) is 4.39 Å². The van der Waals surface area contributed by atoms with Crippen LogP contribution in [0.25, 0.3) is 0 Å². The van der Waals surface area contributed by atoms with Crippen LogP contribution in [0.3, 0.4) is 0 Å². The molecule has 2 heterocycles. The van der Waals surface area contributed by atoms with Gasteiger partial charge in [-0.3, -0.25) is 9.59 Å². The van der Waals surface area contributed by atoms with Gasteiger partial charge in [0.15, 0.2) is 0 Å². The minimum Gasteiger partial charge on any atom is -0.481 e. The highest BCUT2D eigenvalue weighted by Crippen LogP contribution is 2.28. The molecule has 1 unspecified atom stereocenters. The SMILES string of the molecule is O=C(O)CCC(N=Nc1cccc(F)c1)c1cc2c([nH]1)CCNC2=O. The minimum absolute atomic E-state index is 0.0945. The normalized spacial score (nSPS) is 15.0. The number of carboxylic acids is 1. The topological polar surface area (TPSA) is 107 Å². The lowest BCUT2D eigenvalue weighted by Gasteiger charge is -2.11. The van der Waals surface area contributed by atoms with Crippen LogP contribution in [-0.2, 0) is 11.2 Å². The molecule has 1 aliphatic heterocycles. The zero-order chi connectivity index (χ0) is 17.8. The summed E-state index contributed by atoms with van der Waals surface area (Å²) in [5.41, 5.74) is 2.32. The highest BCUT2D eigenvalue weighted by atomic mass is 19.1. The second-order valence-electron chi connectivity index (χ2n) is 5.77. The van der Waals surface area contributed by atoms with E-state index in [1.165, 1.54) is 18.2 Å². The van der Waals surface area contributed by atoms with Crippen molar-refractivity contribution < 1.29 is 19.1 Å². The number of H-pyrrole nitrogens is 1. The van der Waals surface area contributed by atoms with Crippen LogP contribution >= 0.6 is 0 Å². The van der Waals surface area contributed by atoms with E-state index in [1.807, 2.05) is 0 Å². The second-order valence-corrected chi connectivity index (χ2v) is 5.77. The predicted molar refractivity (Wildman–Crippen MR) is 87.4 cm³/mol. The van der Waals surface area contributed by atoms with Crippen LogP contribution in [0.2, 0.25) is 0 Å². The molecule has 0 saturated heterocycles. The smallest absolute Gasteiger partial charge is 0.303 e. The molecular formula is C17H17FN4O3. The molecule has 0 bridgehead atoms. The van der Waals surface area contributed by atoms with Crippen molar-refractivity contribution in [1.82, 2.24) is 10.3 Å². The maximum Gasteiger partial charge on any atom is 0.303 e. The summed E-state index contributed by atoms with van der Waals surface area (Å²) in [6, 6.07) is 6.80. The van der Waals surface area contributed by atoms with Gasteiger partial charge in [0.25, 0.3) is 5.91 Å². The molecule has 0 radical (unpaired) electrons. The lowest BCUT2D eigenvalue weighted by Crippen LogP contribution is -2.31. The fourth-order valence-electron chi connectivity index (χ4n) is 2.71. The summed E-state index contributed by atoms with van der Waals surface area (Å²) in [7, 11) is 0. The van der Waals surface area contributed by atoms with Gasteiger partial charge in [-0.15, -0.1) is 0 Å². The third kappa shape index (κ3) is 4.09. The van der Waals surface area contributed by atoms with Gasteiger partial charge >= 0.3 is 5.97 Å². The van der Waals surface area contributed by atoms with E-state index in [1.54, 1.807) is 12.1 Å². The number of fused-ring (bicyclic) bond motifs is 1. The van der Waals surface area contributed by atoms with Gasteiger partial charge in [0.1, 0.15) is 11.9 Å². The number of hydrogen-bond acceptors (Lipinski definition) is 4. The molecule has 0 aliphatic carbocycles. The molecule has 1 amide bonds. The first kappa shape index (κ1) is 16.8. The predicted octanol–water partition coefficient (Wildman–Crippen LogP) is 3.13. The highest BCUT2D eigenvalue weighted by molar-refractivity contribution is 5.96. The first-order valence-corrected chi connectivity index (χ1v) is 7.91. The summed E-state index contributed by atoms with van der Waals surface area (Å²) >= 11 is 0. The van der Waals surface area contributed by atoms with Gasteiger partial charge < -0.3 is 15.4 Å². The van der Waals surface area contributed by atoms with Gasteiger partial charge in [-0.2, -0.15) is 10.2 Å². The van der Waals surface area contributed by atoms with Crippen molar-refractivity contribution in [2.75, 3.05) is 6.54 Å². The first-order valence-electron chi connectivity index (χ1n) is 7.91. The van der Waals surface area contributed by atoms with Crippen molar-refractivity contribution in [3.63, 3.8) is 0 Å². The molecular weight excluding hydrogens is 327 g/mol. The monoisotopic (exact) mass is 344 g/mol. The fourth-order valence-corrected chi connectivity index (χ4v) is 2.71. The Morgan fingerprint density at radius 1 is 1.36 bits per heavy atom.